The molecule has 0 saturated heterocycles. The highest BCUT2D eigenvalue weighted by molar-refractivity contribution is 5.79. The third kappa shape index (κ3) is 1.58. The monoisotopic (exact) mass is 209 g/mol. The van der Waals surface area contributed by atoms with Crippen molar-refractivity contribution >= 4 is 5.57 Å². The second kappa shape index (κ2) is 3.57. The van der Waals surface area contributed by atoms with Gasteiger partial charge in [0.05, 0.1) is 0 Å². The van der Waals surface area contributed by atoms with Crippen molar-refractivity contribution < 1.29 is 13.2 Å². The molecule has 0 atom stereocenters. The van der Waals surface area contributed by atoms with Gasteiger partial charge in [-0.15, -0.1) is 0 Å². The maximum atomic E-state index is 13.4. The topological polar surface area (TPSA) is 0 Å². The standard InChI is InChI=1S/C12H8F3/c1-7-3-2-4-8(7)9-5-6-10(13)12(15)11(9)14/h3,5-6H,2H2,1H3. The van der Waals surface area contributed by atoms with Crippen LogP contribution in [0, 0.1) is 23.5 Å². The van der Waals surface area contributed by atoms with E-state index in [0.29, 0.717) is 12.0 Å². The molecule has 0 aliphatic heterocycles. The lowest BCUT2D eigenvalue weighted by Gasteiger charge is -2.06. The predicted octanol–water partition coefficient (Wildman–Crippen LogP) is 3.64. The molecular formula is C12H8F3. The van der Waals surface area contributed by atoms with Crippen molar-refractivity contribution in [3.63, 3.8) is 0 Å². The van der Waals surface area contributed by atoms with E-state index in [1.54, 1.807) is 6.92 Å². The number of halogens is 3. The first-order valence-corrected chi connectivity index (χ1v) is 4.53. The molecule has 1 aromatic rings. The van der Waals surface area contributed by atoms with Crippen molar-refractivity contribution in [3.8, 4) is 0 Å². The summed E-state index contributed by atoms with van der Waals surface area (Å²) in [5.74, 6) is -3.75. The van der Waals surface area contributed by atoms with Crippen molar-refractivity contribution in [3.05, 3.63) is 52.9 Å². The first-order chi connectivity index (χ1) is 7.11. The molecule has 0 unspecified atom stereocenters. The molecule has 0 aromatic heterocycles. The van der Waals surface area contributed by atoms with Crippen molar-refractivity contribution in [1.29, 1.82) is 0 Å². The van der Waals surface area contributed by atoms with E-state index in [4.69, 9.17) is 0 Å². The molecule has 77 valence electrons. The lowest BCUT2D eigenvalue weighted by Crippen LogP contribution is -1.97. The zero-order chi connectivity index (χ0) is 11.0. The Labute approximate surface area is 85.7 Å². The van der Waals surface area contributed by atoms with Gasteiger partial charge in [0.2, 0.25) is 0 Å². The first kappa shape index (κ1) is 10.0. The number of hydrogen-bond donors (Lipinski definition) is 0. The van der Waals surface area contributed by atoms with Gasteiger partial charge in [-0.25, -0.2) is 13.2 Å². The van der Waals surface area contributed by atoms with Crippen LogP contribution >= 0.6 is 0 Å². The van der Waals surface area contributed by atoms with Crippen molar-refractivity contribution in [2.45, 2.75) is 13.3 Å². The van der Waals surface area contributed by atoms with Crippen molar-refractivity contribution in [2.24, 2.45) is 0 Å². The highest BCUT2D eigenvalue weighted by Gasteiger charge is 2.18. The normalized spacial score (nSPS) is 15.2. The number of allylic oxidation sites excluding steroid dienone is 4. The van der Waals surface area contributed by atoms with Crippen LogP contribution in [0.4, 0.5) is 13.2 Å². The molecule has 0 spiro atoms. The summed E-state index contributed by atoms with van der Waals surface area (Å²) >= 11 is 0. The van der Waals surface area contributed by atoms with Gasteiger partial charge in [0.1, 0.15) is 0 Å². The Morgan fingerprint density at radius 2 is 1.87 bits per heavy atom. The zero-order valence-electron chi connectivity index (χ0n) is 8.07. The summed E-state index contributed by atoms with van der Waals surface area (Å²) in [7, 11) is 0. The summed E-state index contributed by atoms with van der Waals surface area (Å²) in [6, 6.07) is 2.16. The fourth-order valence-corrected chi connectivity index (χ4v) is 1.57. The Kier molecular flexibility index (Phi) is 2.39. The lowest BCUT2D eigenvalue weighted by molar-refractivity contribution is 0.445. The molecular weight excluding hydrogens is 201 g/mol. The highest BCUT2D eigenvalue weighted by Crippen LogP contribution is 2.31. The molecule has 0 nitrogen and oxygen atoms in total. The third-order valence-corrected chi connectivity index (χ3v) is 2.39. The molecule has 0 amide bonds. The van der Waals surface area contributed by atoms with Gasteiger partial charge in [-0.1, -0.05) is 6.08 Å². The quantitative estimate of drug-likeness (QED) is 0.619. The molecule has 3 heteroatoms. The largest absolute Gasteiger partial charge is 0.204 e. The predicted molar refractivity (Wildman–Crippen MR) is 51.3 cm³/mol. The molecule has 0 heterocycles. The van der Waals surface area contributed by atoms with Crippen LogP contribution in [0.1, 0.15) is 18.9 Å². The number of hydrogen-bond acceptors (Lipinski definition) is 0. The molecule has 1 aromatic carbocycles. The summed E-state index contributed by atoms with van der Waals surface area (Å²) in [6.45, 7) is 1.79. The van der Waals surface area contributed by atoms with E-state index in [2.05, 4.69) is 6.08 Å². The van der Waals surface area contributed by atoms with Crippen LogP contribution in [0.3, 0.4) is 0 Å². The SMILES string of the molecule is CC1=CC[C]=C1c1ccc(F)c(F)c1F. The Morgan fingerprint density at radius 1 is 1.13 bits per heavy atom. The fraction of sp³-hybridized carbons (Fsp3) is 0.167. The highest BCUT2D eigenvalue weighted by atomic mass is 19.2. The average Bonchev–Trinajstić information content (AvgIpc) is 2.62. The van der Waals surface area contributed by atoms with Gasteiger partial charge in [0.15, 0.2) is 17.5 Å². The van der Waals surface area contributed by atoms with Crippen LogP contribution in [0.5, 0.6) is 0 Å². The average molecular weight is 209 g/mol. The van der Waals surface area contributed by atoms with E-state index in [1.807, 2.05) is 6.08 Å². The molecule has 15 heavy (non-hydrogen) atoms. The van der Waals surface area contributed by atoms with Gasteiger partial charge < -0.3 is 0 Å². The van der Waals surface area contributed by atoms with E-state index in [0.717, 1.165) is 11.6 Å². The van der Waals surface area contributed by atoms with Crippen molar-refractivity contribution in [2.75, 3.05) is 0 Å². The van der Waals surface area contributed by atoms with E-state index < -0.39 is 17.5 Å². The smallest absolute Gasteiger partial charge is 0.195 e. The third-order valence-electron chi connectivity index (χ3n) is 2.39. The minimum absolute atomic E-state index is 0.0696. The van der Waals surface area contributed by atoms with Crippen LogP contribution in [0.15, 0.2) is 23.8 Å². The minimum atomic E-state index is -1.43. The van der Waals surface area contributed by atoms with Crippen LogP contribution in [-0.4, -0.2) is 0 Å². The zero-order valence-corrected chi connectivity index (χ0v) is 8.07. The van der Waals surface area contributed by atoms with E-state index >= 15 is 0 Å². The second-order valence-corrected chi connectivity index (χ2v) is 3.37. The Morgan fingerprint density at radius 3 is 2.47 bits per heavy atom. The number of rotatable bonds is 1. The van der Waals surface area contributed by atoms with Gasteiger partial charge in [-0.05, 0) is 42.7 Å². The van der Waals surface area contributed by atoms with E-state index in [9.17, 15) is 13.2 Å². The van der Waals surface area contributed by atoms with Crippen LogP contribution < -0.4 is 0 Å². The summed E-state index contributed by atoms with van der Waals surface area (Å²) in [6.07, 6.45) is 5.35. The summed E-state index contributed by atoms with van der Waals surface area (Å²) in [4.78, 5) is 0. The van der Waals surface area contributed by atoms with Crippen LogP contribution in [0.25, 0.3) is 5.57 Å². The molecule has 1 aliphatic carbocycles. The van der Waals surface area contributed by atoms with Crippen LogP contribution in [-0.2, 0) is 0 Å². The van der Waals surface area contributed by atoms with Gasteiger partial charge >= 0.3 is 0 Å². The van der Waals surface area contributed by atoms with Crippen molar-refractivity contribution in [1.82, 2.24) is 0 Å². The Balaban J connectivity index is 2.56. The minimum Gasteiger partial charge on any atom is -0.204 e. The first-order valence-electron chi connectivity index (χ1n) is 4.53. The molecule has 1 radical (unpaired) electrons. The molecule has 0 fully saturated rings. The Bertz CT molecular complexity index is 470. The maximum Gasteiger partial charge on any atom is 0.195 e. The van der Waals surface area contributed by atoms with Gasteiger partial charge in [0, 0.05) is 5.56 Å². The lowest BCUT2D eigenvalue weighted by atomic mass is 10.0. The summed E-state index contributed by atoms with van der Waals surface area (Å²) in [5, 5.41) is 0. The molecule has 1 aliphatic rings. The maximum absolute atomic E-state index is 13.4. The van der Waals surface area contributed by atoms with Gasteiger partial charge in [-0.2, -0.15) is 0 Å². The molecule has 0 bridgehead atoms. The van der Waals surface area contributed by atoms with Crippen LogP contribution in [0.2, 0.25) is 0 Å². The van der Waals surface area contributed by atoms with Gasteiger partial charge in [-0.3, -0.25) is 0 Å². The van der Waals surface area contributed by atoms with Gasteiger partial charge in [0.25, 0.3) is 0 Å². The molecule has 0 saturated carbocycles. The fourth-order valence-electron chi connectivity index (χ4n) is 1.57. The van der Waals surface area contributed by atoms with E-state index in [1.165, 1.54) is 6.07 Å². The molecule has 2 rings (SSSR count). The Hall–Kier alpha value is -1.51. The number of benzene rings is 1. The second-order valence-electron chi connectivity index (χ2n) is 3.37. The molecule has 0 N–H and O–H groups in total. The van der Waals surface area contributed by atoms with E-state index in [-0.39, 0.29) is 5.56 Å². The summed E-state index contributed by atoms with van der Waals surface area (Å²) < 4.78 is 39.0. The summed E-state index contributed by atoms with van der Waals surface area (Å²) in [5.41, 5.74) is 1.42.